The molecule has 1 aromatic rings. The summed E-state index contributed by atoms with van der Waals surface area (Å²) in [7, 11) is 0. The highest BCUT2D eigenvalue weighted by Crippen LogP contribution is 2.14. The van der Waals surface area contributed by atoms with E-state index in [4.69, 9.17) is 13.9 Å². The van der Waals surface area contributed by atoms with Gasteiger partial charge in [0.15, 0.2) is 5.96 Å². The summed E-state index contributed by atoms with van der Waals surface area (Å²) < 4.78 is 16.4. The summed E-state index contributed by atoms with van der Waals surface area (Å²) >= 11 is 0. The van der Waals surface area contributed by atoms with Crippen LogP contribution in [-0.2, 0) is 16.1 Å². The number of aliphatic imine (C=N–C) groups is 1. The van der Waals surface area contributed by atoms with Crippen LogP contribution in [0.5, 0.6) is 0 Å². The molecule has 23 heavy (non-hydrogen) atoms. The van der Waals surface area contributed by atoms with Crippen LogP contribution in [0.2, 0.25) is 0 Å². The second-order valence-electron chi connectivity index (χ2n) is 5.60. The number of ether oxygens (including phenoxy) is 2. The van der Waals surface area contributed by atoms with Crippen molar-refractivity contribution < 1.29 is 13.9 Å². The third-order valence-electron chi connectivity index (χ3n) is 3.67. The SMILES string of the molecule is CCNC(=NCCCOCc1ccco1)NCCC1CCCO1. The Labute approximate surface area is 138 Å². The first-order valence-electron chi connectivity index (χ1n) is 8.62. The maximum absolute atomic E-state index is 5.63. The van der Waals surface area contributed by atoms with E-state index in [2.05, 4.69) is 22.5 Å². The molecule has 0 saturated carbocycles. The third kappa shape index (κ3) is 7.52. The molecule has 2 N–H and O–H groups in total. The predicted molar refractivity (Wildman–Crippen MR) is 90.6 cm³/mol. The van der Waals surface area contributed by atoms with E-state index in [0.29, 0.717) is 19.3 Å². The summed E-state index contributed by atoms with van der Waals surface area (Å²) in [5.74, 6) is 1.73. The van der Waals surface area contributed by atoms with E-state index >= 15 is 0 Å². The average Bonchev–Trinajstić information content (AvgIpc) is 3.24. The van der Waals surface area contributed by atoms with Crippen LogP contribution in [0.25, 0.3) is 0 Å². The zero-order valence-corrected chi connectivity index (χ0v) is 14.1. The molecule has 0 bridgehead atoms. The lowest BCUT2D eigenvalue weighted by molar-refractivity contribution is 0.105. The second kappa shape index (κ2) is 11.1. The van der Waals surface area contributed by atoms with Crippen molar-refractivity contribution in [2.24, 2.45) is 4.99 Å². The number of nitrogens with one attached hydrogen (secondary N) is 2. The van der Waals surface area contributed by atoms with E-state index < -0.39 is 0 Å². The van der Waals surface area contributed by atoms with Gasteiger partial charge in [0.2, 0.25) is 0 Å². The Bertz CT molecular complexity index is 428. The van der Waals surface area contributed by atoms with Gasteiger partial charge >= 0.3 is 0 Å². The lowest BCUT2D eigenvalue weighted by atomic mass is 10.2. The van der Waals surface area contributed by atoms with Crippen LogP contribution in [0.1, 0.15) is 38.4 Å². The first-order valence-corrected chi connectivity index (χ1v) is 8.62. The fourth-order valence-electron chi connectivity index (χ4n) is 2.49. The normalized spacial score (nSPS) is 18.3. The molecule has 0 aliphatic carbocycles. The lowest BCUT2D eigenvalue weighted by Gasteiger charge is -2.13. The molecular formula is C17H29N3O3. The fraction of sp³-hybridized carbons (Fsp3) is 0.706. The highest BCUT2D eigenvalue weighted by molar-refractivity contribution is 5.79. The molecular weight excluding hydrogens is 294 g/mol. The van der Waals surface area contributed by atoms with Gasteiger partial charge in [-0.05, 0) is 44.7 Å². The topological polar surface area (TPSA) is 68.0 Å². The number of rotatable bonds is 10. The molecule has 1 aromatic heterocycles. The molecule has 0 spiro atoms. The monoisotopic (exact) mass is 323 g/mol. The van der Waals surface area contributed by atoms with Gasteiger partial charge in [0.1, 0.15) is 12.4 Å². The quantitative estimate of drug-likeness (QED) is 0.393. The maximum Gasteiger partial charge on any atom is 0.191 e. The van der Waals surface area contributed by atoms with Crippen molar-refractivity contribution in [1.82, 2.24) is 10.6 Å². The summed E-state index contributed by atoms with van der Waals surface area (Å²) in [6.45, 7) is 6.69. The van der Waals surface area contributed by atoms with Crippen LogP contribution in [0, 0.1) is 0 Å². The molecule has 2 heterocycles. The van der Waals surface area contributed by atoms with Gasteiger partial charge in [-0.3, -0.25) is 4.99 Å². The highest BCUT2D eigenvalue weighted by atomic mass is 16.5. The molecule has 1 aliphatic heterocycles. The zero-order chi connectivity index (χ0) is 16.2. The number of hydrogen-bond donors (Lipinski definition) is 2. The molecule has 130 valence electrons. The van der Waals surface area contributed by atoms with Crippen LogP contribution in [-0.4, -0.2) is 44.9 Å². The van der Waals surface area contributed by atoms with Crippen molar-refractivity contribution in [1.29, 1.82) is 0 Å². The van der Waals surface area contributed by atoms with Crippen LogP contribution < -0.4 is 10.6 Å². The van der Waals surface area contributed by atoms with Gasteiger partial charge < -0.3 is 24.5 Å². The molecule has 1 atom stereocenters. The summed E-state index contributed by atoms with van der Waals surface area (Å²) in [5, 5.41) is 6.63. The molecule has 6 nitrogen and oxygen atoms in total. The van der Waals surface area contributed by atoms with E-state index in [1.54, 1.807) is 6.26 Å². The largest absolute Gasteiger partial charge is 0.467 e. The van der Waals surface area contributed by atoms with Gasteiger partial charge in [-0.1, -0.05) is 0 Å². The van der Waals surface area contributed by atoms with Gasteiger partial charge in [0.25, 0.3) is 0 Å². The fourth-order valence-corrected chi connectivity index (χ4v) is 2.49. The molecule has 2 rings (SSSR count). The number of guanidine groups is 1. The molecule has 1 saturated heterocycles. The molecule has 1 fully saturated rings. The minimum absolute atomic E-state index is 0.417. The molecule has 6 heteroatoms. The van der Waals surface area contributed by atoms with Gasteiger partial charge in [-0.15, -0.1) is 0 Å². The van der Waals surface area contributed by atoms with E-state index in [1.807, 2.05) is 12.1 Å². The zero-order valence-electron chi connectivity index (χ0n) is 14.1. The minimum Gasteiger partial charge on any atom is -0.467 e. The van der Waals surface area contributed by atoms with Crippen LogP contribution >= 0.6 is 0 Å². The van der Waals surface area contributed by atoms with E-state index in [1.165, 1.54) is 12.8 Å². The Balaban J connectivity index is 1.54. The van der Waals surface area contributed by atoms with Crippen molar-refractivity contribution in [3.8, 4) is 0 Å². The summed E-state index contributed by atoms with van der Waals surface area (Å²) in [4.78, 5) is 4.56. The number of hydrogen-bond acceptors (Lipinski definition) is 4. The van der Waals surface area contributed by atoms with Crippen molar-refractivity contribution in [2.75, 3.05) is 32.8 Å². The average molecular weight is 323 g/mol. The van der Waals surface area contributed by atoms with E-state index in [0.717, 1.165) is 50.8 Å². The summed E-state index contributed by atoms with van der Waals surface area (Å²) in [6, 6.07) is 3.79. The smallest absolute Gasteiger partial charge is 0.191 e. The Hall–Kier alpha value is -1.53. The molecule has 0 amide bonds. The summed E-state index contributed by atoms with van der Waals surface area (Å²) in [6.07, 6.45) is 6.38. The molecule has 0 aromatic carbocycles. The number of nitrogens with zero attached hydrogens (tertiary/aromatic N) is 1. The van der Waals surface area contributed by atoms with Crippen molar-refractivity contribution in [3.05, 3.63) is 24.2 Å². The van der Waals surface area contributed by atoms with Crippen LogP contribution in [0.15, 0.2) is 27.8 Å². The first kappa shape index (κ1) is 17.8. The van der Waals surface area contributed by atoms with Gasteiger partial charge in [0.05, 0.1) is 12.4 Å². The second-order valence-corrected chi connectivity index (χ2v) is 5.60. The molecule has 0 radical (unpaired) electrons. The number of furan rings is 1. The van der Waals surface area contributed by atoms with Gasteiger partial charge in [0, 0.05) is 32.8 Å². The van der Waals surface area contributed by atoms with E-state index in [-0.39, 0.29) is 0 Å². The maximum atomic E-state index is 5.63. The highest BCUT2D eigenvalue weighted by Gasteiger charge is 2.14. The lowest BCUT2D eigenvalue weighted by Crippen LogP contribution is -2.38. The Kier molecular flexibility index (Phi) is 8.58. The van der Waals surface area contributed by atoms with Gasteiger partial charge in [-0.2, -0.15) is 0 Å². The van der Waals surface area contributed by atoms with Crippen molar-refractivity contribution in [2.45, 2.75) is 45.3 Å². The van der Waals surface area contributed by atoms with Gasteiger partial charge in [-0.25, -0.2) is 0 Å². The van der Waals surface area contributed by atoms with Crippen LogP contribution in [0.4, 0.5) is 0 Å². The summed E-state index contributed by atoms with van der Waals surface area (Å²) in [5.41, 5.74) is 0. The van der Waals surface area contributed by atoms with E-state index in [9.17, 15) is 0 Å². The third-order valence-corrected chi connectivity index (χ3v) is 3.67. The Morgan fingerprint density at radius 2 is 2.39 bits per heavy atom. The molecule has 1 aliphatic rings. The Morgan fingerprint density at radius 3 is 3.13 bits per heavy atom. The minimum atomic E-state index is 0.417. The molecule has 1 unspecified atom stereocenters. The standard InChI is InChI=1S/C17H29N3O3/c1-2-18-17(20-10-8-15-6-3-12-22-15)19-9-5-11-21-14-16-7-4-13-23-16/h4,7,13,15H,2-3,5-6,8-12,14H2,1H3,(H2,18,19,20). The van der Waals surface area contributed by atoms with Crippen molar-refractivity contribution in [3.63, 3.8) is 0 Å². The first-order chi connectivity index (χ1) is 11.4. The Morgan fingerprint density at radius 1 is 1.43 bits per heavy atom. The van der Waals surface area contributed by atoms with Crippen molar-refractivity contribution >= 4 is 5.96 Å². The predicted octanol–water partition coefficient (Wildman–Crippen LogP) is 2.31. The van der Waals surface area contributed by atoms with Crippen LogP contribution in [0.3, 0.4) is 0 Å².